The first-order valence-electron chi connectivity index (χ1n) is 4.83. The normalized spacial score (nSPS) is 10.5. The topological polar surface area (TPSA) is 56.0 Å². The van der Waals surface area contributed by atoms with Gasteiger partial charge in [-0.1, -0.05) is 16.8 Å². The molecule has 17 heavy (non-hydrogen) atoms. The fourth-order valence-corrected chi connectivity index (χ4v) is 1.57. The van der Waals surface area contributed by atoms with Gasteiger partial charge in [-0.3, -0.25) is 4.79 Å². The van der Waals surface area contributed by atoms with E-state index in [0.717, 1.165) is 6.07 Å². The van der Waals surface area contributed by atoms with Crippen LogP contribution in [0.4, 0.5) is 4.39 Å². The van der Waals surface area contributed by atoms with Gasteiger partial charge < -0.3 is 4.52 Å². The Kier molecular flexibility index (Phi) is 3.19. The Morgan fingerprint density at radius 1 is 1.53 bits per heavy atom. The zero-order chi connectivity index (χ0) is 12.4. The van der Waals surface area contributed by atoms with Gasteiger partial charge in [0.05, 0.1) is 11.4 Å². The van der Waals surface area contributed by atoms with Crippen LogP contribution in [0.25, 0.3) is 11.4 Å². The number of benzene rings is 1. The molecule has 2 aromatic rings. The van der Waals surface area contributed by atoms with Crippen molar-refractivity contribution in [1.29, 1.82) is 0 Å². The second-order valence-corrected chi connectivity index (χ2v) is 3.92. The summed E-state index contributed by atoms with van der Waals surface area (Å²) in [6.45, 7) is 1.43. The highest BCUT2D eigenvalue weighted by atomic mass is 35.5. The average molecular weight is 255 g/mol. The van der Waals surface area contributed by atoms with Crippen molar-refractivity contribution in [1.82, 2.24) is 10.1 Å². The monoisotopic (exact) mass is 254 g/mol. The molecule has 1 aromatic carbocycles. The third kappa shape index (κ3) is 2.68. The Bertz CT molecular complexity index is 568. The summed E-state index contributed by atoms with van der Waals surface area (Å²) in [5.41, 5.74) is 0.464. The van der Waals surface area contributed by atoms with E-state index in [1.54, 1.807) is 0 Å². The minimum Gasteiger partial charge on any atom is -0.338 e. The molecule has 88 valence electrons. The molecule has 0 fully saturated rings. The summed E-state index contributed by atoms with van der Waals surface area (Å²) < 4.78 is 17.7. The Hall–Kier alpha value is -1.75. The molecule has 0 unspecified atom stereocenters. The molecule has 0 spiro atoms. The molecule has 0 aliphatic heterocycles. The molecule has 1 aromatic heterocycles. The van der Waals surface area contributed by atoms with Crippen molar-refractivity contribution in [2.75, 3.05) is 0 Å². The maximum absolute atomic E-state index is 12.8. The van der Waals surface area contributed by atoms with E-state index in [1.165, 1.54) is 19.1 Å². The summed E-state index contributed by atoms with van der Waals surface area (Å²) in [5, 5.41) is 3.88. The van der Waals surface area contributed by atoms with Gasteiger partial charge in [-0.2, -0.15) is 4.98 Å². The Labute approximate surface area is 101 Å². The van der Waals surface area contributed by atoms with Gasteiger partial charge in [0.25, 0.3) is 0 Å². The number of ketones is 1. The lowest BCUT2D eigenvalue weighted by Crippen LogP contribution is -1.96. The fraction of sp³-hybridized carbons (Fsp3) is 0.182. The first kappa shape index (κ1) is 11.7. The van der Waals surface area contributed by atoms with E-state index in [2.05, 4.69) is 10.1 Å². The van der Waals surface area contributed by atoms with E-state index in [9.17, 15) is 9.18 Å². The van der Waals surface area contributed by atoms with Crippen molar-refractivity contribution in [3.63, 3.8) is 0 Å². The van der Waals surface area contributed by atoms with E-state index in [1.807, 2.05) is 0 Å². The van der Waals surface area contributed by atoms with Crippen LogP contribution in [0.15, 0.2) is 22.7 Å². The number of rotatable bonds is 3. The van der Waals surface area contributed by atoms with Crippen LogP contribution in [0, 0.1) is 5.82 Å². The van der Waals surface area contributed by atoms with Crippen molar-refractivity contribution in [3.05, 3.63) is 34.9 Å². The Morgan fingerprint density at radius 3 is 2.94 bits per heavy atom. The van der Waals surface area contributed by atoms with Crippen LogP contribution in [-0.4, -0.2) is 15.9 Å². The first-order chi connectivity index (χ1) is 8.06. The fourth-order valence-electron chi connectivity index (χ4n) is 1.32. The van der Waals surface area contributed by atoms with Crippen molar-refractivity contribution < 1.29 is 13.7 Å². The molecule has 4 nitrogen and oxygen atoms in total. The van der Waals surface area contributed by atoms with Gasteiger partial charge in [-0.25, -0.2) is 4.39 Å². The van der Waals surface area contributed by atoms with Crippen molar-refractivity contribution in [2.45, 2.75) is 13.3 Å². The summed E-state index contributed by atoms with van der Waals surface area (Å²) in [7, 11) is 0. The number of Topliss-reactive ketones (excluding diaryl/α,β-unsaturated/α-hetero) is 1. The molecule has 0 amide bonds. The number of nitrogens with zero attached hydrogens (tertiary/aromatic N) is 2. The molecule has 6 heteroatoms. The van der Waals surface area contributed by atoms with Crippen LogP contribution >= 0.6 is 11.6 Å². The predicted molar refractivity (Wildman–Crippen MR) is 59.1 cm³/mol. The molecule has 0 saturated heterocycles. The molecule has 0 aliphatic rings. The summed E-state index contributed by atoms with van der Waals surface area (Å²) >= 11 is 5.85. The summed E-state index contributed by atoms with van der Waals surface area (Å²) in [6.07, 6.45) is 0.0752. The summed E-state index contributed by atoms with van der Waals surface area (Å²) in [5.74, 6) is -0.0595. The number of aromatic nitrogens is 2. The molecule has 0 aliphatic carbocycles. The number of carbonyl (C=O) groups excluding carboxylic acids is 1. The van der Waals surface area contributed by atoms with E-state index in [-0.39, 0.29) is 28.9 Å². The lowest BCUT2D eigenvalue weighted by Gasteiger charge is -1.97. The van der Waals surface area contributed by atoms with Gasteiger partial charge in [-0.15, -0.1) is 0 Å². The lowest BCUT2D eigenvalue weighted by molar-refractivity contribution is -0.116. The van der Waals surface area contributed by atoms with E-state index >= 15 is 0 Å². The minimum atomic E-state index is -0.439. The Morgan fingerprint density at radius 2 is 2.29 bits per heavy atom. The highest BCUT2D eigenvalue weighted by Crippen LogP contribution is 2.26. The van der Waals surface area contributed by atoms with Crippen LogP contribution in [0.1, 0.15) is 12.8 Å². The van der Waals surface area contributed by atoms with E-state index in [4.69, 9.17) is 16.1 Å². The van der Waals surface area contributed by atoms with Crippen LogP contribution in [0.2, 0.25) is 5.02 Å². The largest absolute Gasteiger partial charge is 0.338 e. The van der Waals surface area contributed by atoms with Crippen molar-refractivity contribution in [2.24, 2.45) is 0 Å². The zero-order valence-corrected chi connectivity index (χ0v) is 9.66. The van der Waals surface area contributed by atoms with Crippen molar-refractivity contribution in [3.8, 4) is 11.4 Å². The highest BCUT2D eigenvalue weighted by molar-refractivity contribution is 6.33. The Balaban J connectivity index is 2.33. The molecule has 0 N–H and O–H groups in total. The molecule has 2 rings (SSSR count). The predicted octanol–water partition coefficient (Wildman–Crippen LogP) is 2.66. The SMILES string of the molecule is CC(=O)Cc1nc(-c2ccc(F)cc2Cl)no1. The summed E-state index contributed by atoms with van der Waals surface area (Å²) in [6, 6.07) is 3.88. The average Bonchev–Trinajstić information content (AvgIpc) is 2.65. The maximum Gasteiger partial charge on any atom is 0.234 e. The van der Waals surface area contributed by atoms with E-state index in [0.29, 0.717) is 5.56 Å². The standard InChI is InChI=1S/C11H8ClFN2O2/c1-6(16)4-10-14-11(15-17-10)8-3-2-7(13)5-9(8)12/h2-3,5H,4H2,1H3. The second-order valence-electron chi connectivity index (χ2n) is 3.51. The van der Waals surface area contributed by atoms with Gasteiger partial charge in [0.1, 0.15) is 11.6 Å². The highest BCUT2D eigenvalue weighted by Gasteiger charge is 2.13. The maximum atomic E-state index is 12.8. The smallest absolute Gasteiger partial charge is 0.234 e. The van der Waals surface area contributed by atoms with Gasteiger partial charge in [0.15, 0.2) is 0 Å². The quantitative estimate of drug-likeness (QED) is 0.845. The molecular weight excluding hydrogens is 247 g/mol. The zero-order valence-electron chi connectivity index (χ0n) is 8.91. The number of hydrogen-bond donors (Lipinski definition) is 0. The lowest BCUT2D eigenvalue weighted by atomic mass is 10.2. The molecular formula is C11H8ClFN2O2. The molecule has 0 radical (unpaired) electrons. The first-order valence-corrected chi connectivity index (χ1v) is 5.21. The minimum absolute atomic E-state index is 0.0752. The van der Waals surface area contributed by atoms with Gasteiger partial charge in [0.2, 0.25) is 11.7 Å². The van der Waals surface area contributed by atoms with Gasteiger partial charge >= 0.3 is 0 Å². The third-order valence-electron chi connectivity index (χ3n) is 2.04. The number of halogens is 2. The number of carbonyl (C=O) groups is 1. The number of hydrogen-bond acceptors (Lipinski definition) is 4. The van der Waals surface area contributed by atoms with Crippen LogP contribution in [-0.2, 0) is 11.2 Å². The summed E-state index contributed by atoms with van der Waals surface area (Å²) in [4.78, 5) is 14.9. The van der Waals surface area contributed by atoms with Gasteiger partial charge in [-0.05, 0) is 25.1 Å². The molecule has 0 atom stereocenters. The van der Waals surface area contributed by atoms with Crippen LogP contribution in [0.5, 0.6) is 0 Å². The van der Waals surface area contributed by atoms with Crippen molar-refractivity contribution >= 4 is 17.4 Å². The molecule has 0 bridgehead atoms. The third-order valence-corrected chi connectivity index (χ3v) is 2.35. The van der Waals surface area contributed by atoms with Crippen LogP contribution in [0.3, 0.4) is 0 Å². The van der Waals surface area contributed by atoms with E-state index < -0.39 is 5.82 Å². The van der Waals surface area contributed by atoms with Crippen LogP contribution < -0.4 is 0 Å². The molecule has 0 saturated carbocycles. The van der Waals surface area contributed by atoms with Gasteiger partial charge in [0, 0.05) is 5.56 Å². The second kappa shape index (κ2) is 4.63. The molecule has 1 heterocycles.